The number of allylic oxidation sites excluding steroid dienone is 1. The van der Waals surface area contributed by atoms with Gasteiger partial charge in [0, 0.05) is 26.2 Å². The summed E-state index contributed by atoms with van der Waals surface area (Å²) in [6, 6.07) is 4.16. The number of nitrogens with zero attached hydrogens (tertiary/aromatic N) is 4. The van der Waals surface area contributed by atoms with Crippen LogP contribution in [0, 0.1) is 22.7 Å². The van der Waals surface area contributed by atoms with E-state index < -0.39 is 0 Å². The Hall–Kier alpha value is -1.68. The molecular weight excluding hydrogens is 224 g/mol. The Kier molecular flexibility index (Phi) is 4.47. The van der Waals surface area contributed by atoms with E-state index in [1.54, 1.807) is 0 Å². The Labute approximate surface area is 109 Å². The van der Waals surface area contributed by atoms with Crippen molar-refractivity contribution in [1.82, 2.24) is 9.80 Å². The molecule has 2 rings (SSSR count). The molecule has 18 heavy (non-hydrogen) atoms. The van der Waals surface area contributed by atoms with Gasteiger partial charge in [0.15, 0.2) is 5.57 Å². The van der Waals surface area contributed by atoms with Gasteiger partial charge in [-0.1, -0.05) is 0 Å². The van der Waals surface area contributed by atoms with E-state index in [1.165, 1.54) is 38.5 Å². The van der Waals surface area contributed by atoms with E-state index >= 15 is 0 Å². The lowest BCUT2D eigenvalue weighted by molar-refractivity contribution is 0.165. The number of likely N-dealkylation sites (tertiary alicyclic amines) is 2. The van der Waals surface area contributed by atoms with Gasteiger partial charge in [-0.15, -0.1) is 0 Å². The Balaban J connectivity index is 2.25. The molecule has 0 bridgehead atoms. The molecule has 0 aromatic rings. The molecule has 2 saturated heterocycles. The van der Waals surface area contributed by atoms with Gasteiger partial charge in [-0.05, 0) is 38.5 Å². The van der Waals surface area contributed by atoms with Gasteiger partial charge in [-0.25, -0.2) is 0 Å². The van der Waals surface area contributed by atoms with Gasteiger partial charge in [0.25, 0.3) is 0 Å². The van der Waals surface area contributed by atoms with E-state index in [-0.39, 0.29) is 0 Å². The highest BCUT2D eigenvalue weighted by molar-refractivity contribution is 5.39. The molecule has 0 radical (unpaired) electrons. The second-order valence-electron chi connectivity index (χ2n) is 5.02. The molecule has 0 unspecified atom stereocenters. The number of rotatable bonds is 2. The molecule has 0 aliphatic carbocycles. The van der Waals surface area contributed by atoms with Crippen LogP contribution in [0.15, 0.2) is 11.4 Å². The lowest BCUT2D eigenvalue weighted by Crippen LogP contribution is -2.41. The largest absolute Gasteiger partial charge is 0.357 e. The van der Waals surface area contributed by atoms with Gasteiger partial charge in [0.05, 0.1) is 0 Å². The SMILES string of the molecule is N#CC(C#N)=C(N1CCCCC1)N1CCCCC1. The number of piperidine rings is 2. The van der Waals surface area contributed by atoms with Crippen LogP contribution in [0.5, 0.6) is 0 Å². The Morgan fingerprint density at radius 1 is 0.667 bits per heavy atom. The molecule has 96 valence electrons. The van der Waals surface area contributed by atoms with Crippen LogP contribution in [-0.2, 0) is 0 Å². The van der Waals surface area contributed by atoms with E-state index in [9.17, 15) is 10.5 Å². The van der Waals surface area contributed by atoms with Crippen LogP contribution in [-0.4, -0.2) is 36.0 Å². The fourth-order valence-corrected chi connectivity index (χ4v) is 2.85. The zero-order valence-electron chi connectivity index (χ0n) is 10.9. The van der Waals surface area contributed by atoms with Gasteiger partial charge in [-0.2, -0.15) is 10.5 Å². The standard InChI is InChI=1S/C14H20N4/c15-11-13(12-16)14(17-7-3-1-4-8-17)18-9-5-2-6-10-18/h1-10H2. The lowest BCUT2D eigenvalue weighted by Gasteiger charge is -2.39. The molecule has 0 saturated carbocycles. The molecule has 0 aromatic heterocycles. The minimum Gasteiger partial charge on any atom is -0.357 e. The summed E-state index contributed by atoms with van der Waals surface area (Å²) >= 11 is 0. The van der Waals surface area contributed by atoms with E-state index in [4.69, 9.17) is 0 Å². The number of hydrogen-bond donors (Lipinski definition) is 0. The Morgan fingerprint density at radius 2 is 1.06 bits per heavy atom. The van der Waals surface area contributed by atoms with Crippen molar-refractivity contribution in [1.29, 1.82) is 10.5 Å². The highest BCUT2D eigenvalue weighted by atomic mass is 15.3. The summed E-state index contributed by atoms with van der Waals surface area (Å²) in [6.45, 7) is 3.94. The predicted molar refractivity (Wildman–Crippen MR) is 69.1 cm³/mol. The summed E-state index contributed by atoms with van der Waals surface area (Å²) in [5.74, 6) is 0.902. The Bertz CT molecular complexity index is 351. The average molecular weight is 244 g/mol. The summed E-state index contributed by atoms with van der Waals surface area (Å²) in [6.07, 6.45) is 7.20. The molecule has 0 spiro atoms. The van der Waals surface area contributed by atoms with E-state index in [2.05, 4.69) is 21.9 Å². The minimum absolute atomic E-state index is 0.291. The van der Waals surface area contributed by atoms with Crippen LogP contribution in [0.1, 0.15) is 38.5 Å². The summed E-state index contributed by atoms with van der Waals surface area (Å²) < 4.78 is 0. The molecular formula is C14H20N4. The Morgan fingerprint density at radius 3 is 1.39 bits per heavy atom. The molecule has 0 N–H and O–H groups in total. The third kappa shape index (κ3) is 2.76. The quantitative estimate of drug-likeness (QED) is 0.699. The van der Waals surface area contributed by atoms with Crippen LogP contribution in [0.2, 0.25) is 0 Å². The monoisotopic (exact) mass is 244 g/mol. The second-order valence-corrected chi connectivity index (χ2v) is 5.02. The predicted octanol–water partition coefficient (Wildman–Crippen LogP) is 2.22. The zero-order chi connectivity index (χ0) is 12.8. The van der Waals surface area contributed by atoms with E-state index in [0.717, 1.165) is 32.0 Å². The van der Waals surface area contributed by atoms with E-state index in [1.807, 2.05) is 0 Å². The maximum atomic E-state index is 9.17. The van der Waals surface area contributed by atoms with Crippen molar-refractivity contribution in [2.24, 2.45) is 0 Å². The minimum atomic E-state index is 0.291. The lowest BCUT2D eigenvalue weighted by atomic mass is 10.1. The first-order valence-corrected chi connectivity index (χ1v) is 6.91. The summed E-state index contributed by atoms with van der Waals surface area (Å²) in [5, 5.41) is 18.3. The highest BCUT2D eigenvalue weighted by Gasteiger charge is 2.24. The summed E-state index contributed by atoms with van der Waals surface area (Å²) in [4.78, 5) is 4.49. The highest BCUT2D eigenvalue weighted by Crippen LogP contribution is 2.24. The third-order valence-electron chi connectivity index (χ3n) is 3.76. The molecule has 2 fully saturated rings. The van der Waals surface area contributed by atoms with Crippen LogP contribution >= 0.6 is 0 Å². The molecule has 2 aliphatic heterocycles. The van der Waals surface area contributed by atoms with Crippen LogP contribution in [0.25, 0.3) is 0 Å². The van der Waals surface area contributed by atoms with Crippen molar-refractivity contribution < 1.29 is 0 Å². The molecule has 2 aliphatic rings. The fraction of sp³-hybridized carbons (Fsp3) is 0.714. The fourth-order valence-electron chi connectivity index (χ4n) is 2.85. The maximum absolute atomic E-state index is 9.17. The van der Waals surface area contributed by atoms with Crippen molar-refractivity contribution in [3.8, 4) is 12.1 Å². The number of hydrogen-bond acceptors (Lipinski definition) is 4. The van der Waals surface area contributed by atoms with Crippen LogP contribution in [0.3, 0.4) is 0 Å². The summed E-state index contributed by atoms with van der Waals surface area (Å²) in [7, 11) is 0. The topological polar surface area (TPSA) is 54.1 Å². The first kappa shape index (κ1) is 12.8. The van der Waals surface area contributed by atoms with Crippen molar-refractivity contribution in [2.45, 2.75) is 38.5 Å². The zero-order valence-corrected chi connectivity index (χ0v) is 10.9. The van der Waals surface area contributed by atoms with Crippen molar-refractivity contribution >= 4 is 0 Å². The van der Waals surface area contributed by atoms with Crippen LogP contribution < -0.4 is 0 Å². The van der Waals surface area contributed by atoms with Crippen molar-refractivity contribution in [2.75, 3.05) is 26.2 Å². The van der Waals surface area contributed by atoms with Crippen LogP contribution in [0.4, 0.5) is 0 Å². The third-order valence-corrected chi connectivity index (χ3v) is 3.76. The van der Waals surface area contributed by atoms with Crippen molar-refractivity contribution in [3.63, 3.8) is 0 Å². The van der Waals surface area contributed by atoms with Gasteiger partial charge in [0.1, 0.15) is 18.0 Å². The first-order chi connectivity index (χ1) is 8.86. The van der Waals surface area contributed by atoms with Gasteiger partial charge < -0.3 is 9.80 Å². The van der Waals surface area contributed by atoms with E-state index in [0.29, 0.717) is 5.57 Å². The molecule has 4 nitrogen and oxygen atoms in total. The molecule has 0 atom stereocenters. The van der Waals surface area contributed by atoms with Crippen molar-refractivity contribution in [3.05, 3.63) is 11.4 Å². The molecule has 2 heterocycles. The molecule has 0 amide bonds. The normalized spacial score (nSPS) is 19.9. The maximum Gasteiger partial charge on any atom is 0.169 e. The van der Waals surface area contributed by atoms with Gasteiger partial charge in [0.2, 0.25) is 0 Å². The first-order valence-electron chi connectivity index (χ1n) is 6.91. The average Bonchev–Trinajstić information content (AvgIpc) is 2.46. The molecule has 4 heteroatoms. The smallest absolute Gasteiger partial charge is 0.169 e. The second kappa shape index (κ2) is 6.31. The van der Waals surface area contributed by atoms with Gasteiger partial charge in [-0.3, -0.25) is 0 Å². The molecule has 0 aromatic carbocycles. The number of nitriles is 2. The van der Waals surface area contributed by atoms with Gasteiger partial charge >= 0.3 is 0 Å². The summed E-state index contributed by atoms with van der Waals surface area (Å²) in [5.41, 5.74) is 0.291.